The van der Waals surface area contributed by atoms with Crippen LogP contribution in [0.4, 0.5) is 17.2 Å². The number of fused-ring (bicyclic) bond motifs is 1. The van der Waals surface area contributed by atoms with E-state index in [1.165, 1.54) is 12.1 Å². The van der Waals surface area contributed by atoms with E-state index >= 15 is 0 Å². The first-order chi connectivity index (χ1) is 13.1. The van der Waals surface area contributed by atoms with Crippen LogP contribution < -0.4 is 5.32 Å². The van der Waals surface area contributed by atoms with E-state index in [0.717, 1.165) is 25.7 Å². The van der Waals surface area contributed by atoms with Crippen molar-refractivity contribution in [3.05, 3.63) is 80.7 Å². The summed E-state index contributed by atoms with van der Waals surface area (Å²) >= 11 is 2.07. The van der Waals surface area contributed by atoms with Gasteiger partial charge in [-0.3, -0.25) is 15.1 Å². The Bertz CT molecular complexity index is 1150. The highest BCUT2D eigenvalue weighted by molar-refractivity contribution is 14.1. The highest BCUT2D eigenvalue weighted by Crippen LogP contribution is 2.30. The van der Waals surface area contributed by atoms with Crippen molar-refractivity contribution in [2.75, 3.05) is 5.32 Å². The van der Waals surface area contributed by atoms with E-state index in [1.807, 2.05) is 36.4 Å². The number of pyridine rings is 1. The molecule has 4 aromatic rings. The SMILES string of the molecule is O=[N+]([O-])c1ccc(Nc2nc(-c3cccnc3)nc3ccccc23)c(I)c1. The van der Waals surface area contributed by atoms with Crippen molar-refractivity contribution in [1.82, 2.24) is 15.0 Å². The Kier molecular flexibility index (Phi) is 4.63. The third-order valence-electron chi connectivity index (χ3n) is 3.94. The molecular formula is C19H12IN5O2. The average molecular weight is 469 g/mol. The van der Waals surface area contributed by atoms with Gasteiger partial charge in [-0.15, -0.1) is 0 Å². The summed E-state index contributed by atoms with van der Waals surface area (Å²) in [4.78, 5) is 24.0. The van der Waals surface area contributed by atoms with Gasteiger partial charge in [0.25, 0.3) is 5.69 Å². The van der Waals surface area contributed by atoms with E-state index in [2.05, 4.69) is 42.9 Å². The molecule has 2 heterocycles. The molecule has 0 fully saturated rings. The fourth-order valence-corrected chi connectivity index (χ4v) is 3.28. The maximum atomic E-state index is 11.0. The van der Waals surface area contributed by atoms with Gasteiger partial charge in [-0.1, -0.05) is 12.1 Å². The molecule has 0 aliphatic rings. The van der Waals surface area contributed by atoms with Gasteiger partial charge in [0, 0.05) is 39.0 Å². The Morgan fingerprint density at radius 3 is 2.63 bits per heavy atom. The molecular weight excluding hydrogens is 457 g/mol. The molecule has 4 rings (SSSR count). The lowest BCUT2D eigenvalue weighted by Gasteiger charge is -2.12. The normalized spacial score (nSPS) is 10.7. The minimum Gasteiger partial charge on any atom is -0.339 e. The molecule has 0 unspecified atom stereocenters. The molecule has 0 radical (unpaired) electrons. The number of halogens is 1. The van der Waals surface area contributed by atoms with Crippen molar-refractivity contribution in [2.45, 2.75) is 0 Å². The maximum Gasteiger partial charge on any atom is 0.270 e. The summed E-state index contributed by atoms with van der Waals surface area (Å²) in [7, 11) is 0. The Morgan fingerprint density at radius 2 is 1.89 bits per heavy atom. The van der Waals surface area contributed by atoms with Crippen molar-refractivity contribution in [2.24, 2.45) is 0 Å². The van der Waals surface area contributed by atoms with Crippen molar-refractivity contribution in [3.8, 4) is 11.4 Å². The number of nitro groups is 1. The van der Waals surface area contributed by atoms with E-state index in [4.69, 9.17) is 0 Å². The van der Waals surface area contributed by atoms with Crippen LogP contribution in [0.1, 0.15) is 0 Å². The fraction of sp³-hybridized carbons (Fsp3) is 0. The van der Waals surface area contributed by atoms with Crippen LogP contribution >= 0.6 is 22.6 Å². The molecule has 0 aliphatic heterocycles. The summed E-state index contributed by atoms with van der Waals surface area (Å²) in [6.07, 6.45) is 3.41. The van der Waals surface area contributed by atoms with Gasteiger partial charge < -0.3 is 5.32 Å². The van der Waals surface area contributed by atoms with Gasteiger partial charge in [0.2, 0.25) is 0 Å². The number of hydrogen-bond donors (Lipinski definition) is 1. The van der Waals surface area contributed by atoms with Crippen LogP contribution in [0.25, 0.3) is 22.3 Å². The predicted molar refractivity (Wildman–Crippen MR) is 112 cm³/mol. The highest BCUT2D eigenvalue weighted by Gasteiger charge is 2.13. The lowest BCUT2D eigenvalue weighted by atomic mass is 10.2. The van der Waals surface area contributed by atoms with E-state index in [1.54, 1.807) is 18.5 Å². The molecule has 132 valence electrons. The Hall–Kier alpha value is -3.14. The number of non-ortho nitro benzene ring substituents is 1. The monoisotopic (exact) mass is 469 g/mol. The van der Waals surface area contributed by atoms with Gasteiger partial charge in [0.05, 0.1) is 16.1 Å². The second kappa shape index (κ2) is 7.23. The quantitative estimate of drug-likeness (QED) is 0.258. The minimum atomic E-state index is -0.410. The summed E-state index contributed by atoms with van der Waals surface area (Å²) in [5.74, 6) is 1.19. The molecule has 0 bridgehead atoms. The van der Waals surface area contributed by atoms with E-state index in [0.29, 0.717) is 11.6 Å². The smallest absolute Gasteiger partial charge is 0.270 e. The molecule has 0 aliphatic carbocycles. The number of nitro benzene ring substituents is 1. The van der Waals surface area contributed by atoms with E-state index in [-0.39, 0.29) is 5.69 Å². The Balaban J connectivity index is 1.82. The number of hydrogen-bond acceptors (Lipinski definition) is 6. The molecule has 0 saturated carbocycles. The second-order valence-electron chi connectivity index (χ2n) is 5.70. The summed E-state index contributed by atoms with van der Waals surface area (Å²) in [6.45, 7) is 0. The number of nitrogens with one attached hydrogen (secondary N) is 1. The number of anilines is 2. The first-order valence-corrected chi connectivity index (χ1v) is 9.08. The Morgan fingerprint density at radius 1 is 1.04 bits per heavy atom. The number of nitrogens with zero attached hydrogens (tertiary/aromatic N) is 4. The van der Waals surface area contributed by atoms with Crippen LogP contribution in [-0.2, 0) is 0 Å². The number of para-hydroxylation sites is 1. The first kappa shape index (κ1) is 17.3. The third-order valence-corrected chi connectivity index (χ3v) is 4.83. The van der Waals surface area contributed by atoms with Gasteiger partial charge >= 0.3 is 0 Å². The van der Waals surface area contributed by atoms with Crippen LogP contribution in [0.15, 0.2) is 67.0 Å². The minimum absolute atomic E-state index is 0.0496. The lowest BCUT2D eigenvalue weighted by molar-refractivity contribution is -0.384. The number of rotatable bonds is 4. The molecule has 0 amide bonds. The van der Waals surface area contributed by atoms with E-state index in [9.17, 15) is 10.1 Å². The summed E-state index contributed by atoms with van der Waals surface area (Å²) < 4.78 is 0.729. The van der Waals surface area contributed by atoms with Gasteiger partial charge in [-0.25, -0.2) is 9.97 Å². The molecule has 0 saturated heterocycles. The van der Waals surface area contributed by atoms with Crippen LogP contribution in [0, 0.1) is 13.7 Å². The van der Waals surface area contributed by atoms with Crippen LogP contribution in [0.3, 0.4) is 0 Å². The zero-order valence-corrected chi connectivity index (χ0v) is 16.0. The van der Waals surface area contributed by atoms with Crippen molar-refractivity contribution < 1.29 is 4.92 Å². The molecule has 0 spiro atoms. The van der Waals surface area contributed by atoms with E-state index < -0.39 is 4.92 Å². The summed E-state index contributed by atoms with van der Waals surface area (Å²) in [5, 5.41) is 15.1. The zero-order valence-electron chi connectivity index (χ0n) is 13.8. The van der Waals surface area contributed by atoms with Crippen molar-refractivity contribution >= 4 is 50.7 Å². The fourth-order valence-electron chi connectivity index (χ4n) is 2.64. The number of aromatic nitrogens is 3. The summed E-state index contributed by atoms with van der Waals surface area (Å²) in [5.41, 5.74) is 2.39. The molecule has 8 heteroatoms. The van der Waals surface area contributed by atoms with Crippen LogP contribution in [0.2, 0.25) is 0 Å². The predicted octanol–water partition coefficient (Wildman–Crippen LogP) is 4.95. The van der Waals surface area contributed by atoms with Crippen LogP contribution in [-0.4, -0.2) is 19.9 Å². The molecule has 1 N–H and O–H groups in total. The van der Waals surface area contributed by atoms with Gasteiger partial charge in [0.1, 0.15) is 5.82 Å². The number of benzene rings is 2. The molecule has 2 aromatic heterocycles. The third kappa shape index (κ3) is 3.56. The summed E-state index contributed by atoms with van der Waals surface area (Å²) in [6, 6.07) is 16.1. The lowest BCUT2D eigenvalue weighted by Crippen LogP contribution is -2.01. The standard InChI is InChI=1S/C19H12IN5O2/c20-15-10-13(25(26)27)7-8-17(15)23-19-14-5-1-2-6-16(14)22-18(24-19)12-4-3-9-21-11-12/h1-11H,(H,22,23,24). The van der Waals surface area contributed by atoms with Crippen LogP contribution in [0.5, 0.6) is 0 Å². The second-order valence-corrected chi connectivity index (χ2v) is 6.86. The van der Waals surface area contributed by atoms with Gasteiger partial charge in [0.15, 0.2) is 5.82 Å². The zero-order chi connectivity index (χ0) is 18.8. The van der Waals surface area contributed by atoms with Gasteiger partial charge in [-0.2, -0.15) is 0 Å². The van der Waals surface area contributed by atoms with Crippen molar-refractivity contribution in [1.29, 1.82) is 0 Å². The Labute approximate surface area is 167 Å². The molecule has 0 atom stereocenters. The average Bonchev–Trinajstić information content (AvgIpc) is 2.70. The highest BCUT2D eigenvalue weighted by atomic mass is 127. The topological polar surface area (TPSA) is 93.8 Å². The molecule has 27 heavy (non-hydrogen) atoms. The van der Waals surface area contributed by atoms with Crippen molar-refractivity contribution in [3.63, 3.8) is 0 Å². The molecule has 2 aromatic carbocycles. The molecule has 7 nitrogen and oxygen atoms in total. The maximum absolute atomic E-state index is 11.0. The van der Waals surface area contributed by atoms with Gasteiger partial charge in [-0.05, 0) is 52.9 Å². The largest absolute Gasteiger partial charge is 0.339 e. The first-order valence-electron chi connectivity index (χ1n) is 8.00.